The Morgan fingerprint density at radius 2 is 2.00 bits per heavy atom. The molecule has 1 atom stereocenters. The Morgan fingerprint density at radius 1 is 1.38 bits per heavy atom. The highest BCUT2D eigenvalue weighted by molar-refractivity contribution is 5.17. The number of rotatable bonds is 5. The fourth-order valence-electron chi connectivity index (χ4n) is 1.67. The molecule has 0 aliphatic heterocycles. The van der Waals surface area contributed by atoms with Crippen molar-refractivity contribution in [2.24, 2.45) is 0 Å². The van der Waals surface area contributed by atoms with Crippen molar-refractivity contribution in [1.82, 2.24) is 4.90 Å². The van der Waals surface area contributed by atoms with Crippen molar-refractivity contribution in [3.63, 3.8) is 0 Å². The first-order valence-electron chi connectivity index (χ1n) is 5.59. The Kier molecular flexibility index (Phi) is 4.44. The molecule has 16 heavy (non-hydrogen) atoms. The molecule has 0 spiro atoms. The van der Waals surface area contributed by atoms with Gasteiger partial charge >= 0.3 is 0 Å². The maximum absolute atomic E-state index is 13.4. The van der Waals surface area contributed by atoms with Crippen molar-refractivity contribution in [2.45, 2.75) is 32.4 Å². The van der Waals surface area contributed by atoms with Crippen LogP contribution in [0.25, 0.3) is 0 Å². The first-order chi connectivity index (χ1) is 7.44. The van der Waals surface area contributed by atoms with E-state index in [0.717, 1.165) is 0 Å². The second-order valence-electron chi connectivity index (χ2n) is 4.61. The number of hydrogen-bond acceptors (Lipinski definition) is 2. The Bertz CT molecular complexity index is 338. The predicted octanol–water partition coefficient (Wildman–Crippen LogP) is 2.42. The molecule has 0 aliphatic rings. The molecular formula is C13H20FNO. The molecule has 2 nitrogen and oxygen atoms in total. The van der Waals surface area contributed by atoms with Gasteiger partial charge in [0.25, 0.3) is 0 Å². The lowest BCUT2D eigenvalue weighted by molar-refractivity contribution is 0.0215. The highest BCUT2D eigenvalue weighted by atomic mass is 19.1. The lowest BCUT2D eigenvalue weighted by atomic mass is 10.0. The van der Waals surface area contributed by atoms with E-state index in [1.807, 2.05) is 24.9 Å². The van der Waals surface area contributed by atoms with Gasteiger partial charge in [-0.25, -0.2) is 4.39 Å². The molecule has 0 saturated heterocycles. The van der Waals surface area contributed by atoms with Crippen LogP contribution in [0.5, 0.6) is 0 Å². The van der Waals surface area contributed by atoms with E-state index >= 15 is 0 Å². The van der Waals surface area contributed by atoms with Crippen molar-refractivity contribution in [3.05, 3.63) is 35.6 Å². The molecule has 1 N–H and O–H groups in total. The third-order valence-electron chi connectivity index (χ3n) is 2.77. The molecule has 0 aliphatic carbocycles. The lowest BCUT2D eigenvalue weighted by Gasteiger charge is -2.28. The Hall–Kier alpha value is -0.930. The topological polar surface area (TPSA) is 23.5 Å². The summed E-state index contributed by atoms with van der Waals surface area (Å²) in [6.45, 7) is 4.79. The van der Waals surface area contributed by atoms with Crippen LogP contribution in [-0.4, -0.2) is 29.2 Å². The van der Waals surface area contributed by atoms with Gasteiger partial charge in [-0.3, -0.25) is 4.90 Å². The highest BCUT2D eigenvalue weighted by Crippen LogP contribution is 2.13. The minimum Gasteiger partial charge on any atom is -0.389 e. The van der Waals surface area contributed by atoms with Crippen LogP contribution in [0, 0.1) is 5.82 Å². The van der Waals surface area contributed by atoms with Crippen LogP contribution < -0.4 is 0 Å². The Balaban J connectivity index is 2.58. The van der Waals surface area contributed by atoms with Gasteiger partial charge in [0.15, 0.2) is 0 Å². The number of benzene rings is 1. The van der Waals surface area contributed by atoms with E-state index in [0.29, 0.717) is 25.1 Å². The van der Waals surface area contributed by atoms with E-state index in [-0.39, 0.29) is 5.82 Å². The SMILES string of the molecule is CCC(C)(O)CN(C)Cc1ccccc1F. The van der Waals surface area contributed by atoms with E-state index in [1.165, 1.54) is 6.07 Å². The van der Waals surface area contributed by atoms with Gasteiger partial charge in [-0.15, -0.1) is 0 Å². The Morgan fingerprint density at radius 3 is 2.56 bits per heavy atom. The second-order valence-corrected chi connectivity index (χ2v) is 4.61. The largest absolute Gasteiger partial charge is 0.389 e. The summed E-state index contributed by atoms with van der Waals surface area (Å²) in [6.07, 6.45) is 0.689. The monoisotopic (exact) mass is 225 g/mol. The molecule has 0 saturated carbocycles. The van der Waals surface area contributed by atoms with E-state index in [1.54, 1.807) is 19.1 Å². The summed E-state index contributed by atoms with van der Waals surface area (Å²) in [6, 6.07) is 6.74. The van der Waals surface area contributed by atoms with Crippen molar-refractivity contribution in [3.8, 4) is 0 Å². The van der Waals surface area contributed by atoms with Crippen molar-refractivity contribution < 1.29 is 9.50 Å². The highest BCUT2D eigenvalue weighted by Gasteiger charge is 2.20. The van der Waals surface area contributed by atoms with Crippen molar-refractivity contribution in [1.29, 1.82) is 0 Å². The van der Waals surface area contributed by atoms with Gasteiger partial charge in [-0.05, 0) is 26.5 Å². The summed E-state index contributed by atoms with van der Waals surface area (Å²) in [5.41, 5.74) is -0.0445. The fraction of sp³-hybridized carbons (Fsp3) is 0.538. The zero-order valence-electron chi connectivity index (χ0n) is 10.2. The molecule has 0 amide bonds. The number of nitrogens with zero attached hydrogens (tertiary/aromatic N) is 1. The zero-order chi connectivity index (χ0) is 12.2. The van der Waals surface area contributed by atoms with Gasteiger partial charge in [0.2, 0.25) is 0 Å². The third kappa shape index (κ3) is 3.91. The average molecular weight is 225 g/mol. The molecule has 0 aromatic heterocycles. The minimum atomic E-state index is -0.708. The molecule has 3 heteroatoms. The van der Waals surface area contributed by atoms with Gasteiger partial charge in [0.1, 0.15) is 5.82 Å². The summed E-state index contributed by atoms with van der Waals surface area (Å²) in [5.74, 6) is -0.189. The zero-order valence-corrected chi connectivity index (χ0v) is 10.2. The Labute approximate surface area is 96.7 Å². The molecule has 0 bridgehead atoms. The first-order valence-corrected chi connectivity index (χ1v) is 5.59. The summed E-state index contributed by atoms with van der Waals surface area (Å²) in [5, 5.41) is 9.91. The van der Waals surface area contributed by atoms with Crippen LogP contribution >= 0.6 is 0 Å². The summed E-state index contributed by atoms with van der Waals surface area (Å²) in [4.78, 5) is 1.93. The maximum Gasteiger partial charge on any atom is 0.127 e. The lowest BCUT2D eigenvalue weighted by Crippen LogP contribution is -2.38. The molecule has 1 unspecified atom stereocenters. The number of aliphatic hydroxyl groups is 1. The van der Waals surface area contributed by atoms with Gasteiger partial charge in [-0.1, -0.05) is 25.1 Å². The summed E-state index contributed by atoms with van der Waals surface area (Å²) in [7, 11) is 1.89. The number of hydrogen-bond donors (Lipinski definition) is 1. The van der Waals surface area contributed by atoms with Crippen LogP contribution in [-0.2, 0) is 6.54 Å². The van der Waals surface area contributed by atoms with E-state index in [2.05, 4.69) is 0 Å². The molecule has 90 valence electrons. The second kappa shape index (κ2) is 5.41. The average Bonchev–Trinajstić information content (AvgIpc) is 2.21. The van der Waals surface area contributed by atoms with Crippen LogP contribution in [0.3, 0.4) is 0 Å². The van der Waals surface area contributed by atoms with Crippen LogP contribution in [0.1, 0.15) is 25.8 Å². The van der Waals surface area contributed by atoms with Crippen LogP contribution in [0.4, 0.5) is 4.39 Å². The van der Waals surface area contributed by atoms with Gasteiger partial charge < -0.3 is 5.11 Å². The number of likely N-dealkylation sites (N-methyl/N-ethyl adjacent to an activating group) is 1. The maximum atomic E-state index is 13.4. The first kappa shape index (κ1) is 13.1. The quantitative estimate of drug-likeness (QED) is 0.832. The normalized spacial score (nSPS) is 15.1. The van der Waals surface area contributed by atoms with Gasteiger partial charge in [-0.2, -0.15) is 0 Å². The standard InChI is InChI=1S/C13H20FNO/c1-4-13(2,16)10-15(3)9-11-7-5-6-8-12(11)14/h5-8,16H,4,9-10H2,1-3H3. The van der Waals surface area contributed by atoms with Gasteiger partial charge in [0, 0.05) is 18.7 Å². The molecular weight excluding hydrogens is 205 g/mol. The van der Waals surface area contributed by atoms with E-state index in [9.17, 15) is 9.50 Å². The van der Waals surface area contributed by atoms with Crippen molar-refractivity contribution >= 4 is 0 Å². The molecule has 0 fully saturated rings. The molecule has 1 aromatic rings. The third-order valence-corrected chi connectivity index (χ3v) is 2.77. The number of halogens is 1. The minimum absolute atomic E-state index is 0.189. The molecule has 1 rings (SSSR count). The smallest absolute Gasteiger partial charge is 0.127 e. The van der Waals surface area contributed by atoms with Crippen LogP contribution in [0.2, 0.25) is 0 Å². The molecule has 0 radical (unpaired) electrons. The van der Waals surface area contributed by atoms with E-state index < -0.39 is 5.60 Å². The fourth-order valence-corrected chi connectivity index (χ4v) is 1.67. The van der Waals surface area contributed by atoms with E-state index in [4.69, 9.17) is 0 Å². The summed E-state index contributed by atoms with van der Waals surface area (Å²) >= 11 is 0. The van der Waals surface area contributed by atoms with Crippen molar-refractivity contribution in [2.75, 3.05) is 13.6 Å². The molecule has 0 heterocycles. The predicted molar refractivity (Wildman–Crippen MR) is 63.6 cm³/mol. The van der Waals surface area contributed by atoms with Gasteiger partial charge in [0.05, 0.1) is 5.60 Å². The molecule has 1 aromatic carbocycles. The van der Waals surface area contributed by atoms with Crippen LogP contribution in [0.15, 0.2) is 24.3 Å². The summed E-state index contributed by atoms with van der Waals surface area (Å²) < 4.78 is 13.4.